The van der Waals surface area contributed by atoms with Crippen LogP contribution in [-0.2, 0) is 14.3 Å². The van der Waals surface area contributed by atoms with Gasteiger partial charge in [0.25, 0.3) is 11.9 Å². The number of benzene rings is 2. The van der Waals surface area contributed by atoms with E-state index in [0.717, 1.165) is 28.0 Å². The molecule has 0 spiro atoms. The Labute approximate surface area is 214 Å². The first kappa shape index (κ1) is 24.1. The maximum absolute atomic E-state index is 12.8. The number of piperidine rings is 1. The molecule has 1 aliphatic rings. The lowest BCUT2D eigenvalue weighted by molar-refractivity contribution is -0.152. The second kappa shape index (κ2) is 10.2. The van der Waals surface area contributed by atoms with Crippen LogP contribution in [0.5, 0.6) is 0 Å². The van der Waals surface area contributed by atoms with Crippen molar-refractivity contribution in [1.29, 1.82) is 5.26 Å². The normalized spacial score (nSPS) is 13.9. The molecular weight excluding hydrogens is 470 g/mol. The quantitative estimate of drug-likeness (QED) is 0.390. The Morgan fingerprint density at radius 2 is 1.81 bits per heavy atom. The molecule has 4 aromatic rings. The number of anilines is 2. The maximum atomic E-state index is 12.8. The molecule has 0 atom stereocenters. The molecule has 9 heteroatoms. The van der Waals surface area contributed by atoms with Crippen LogP contribution in [-0.4, -0.2) is 41.1 Å². The Hall–Kier alpha value is -4.58. The van der Waals surface area contributed by atoms with Crippen LogP contribution in [0.4, 0.5) is 11.8 Å². The number of hydrogen-bond donors (Lipinski definition) is 1. The van der Waals surface area contributed by atoms with Crippen molar-refractivity contribution < 1.29 is 18.7 Å². The van der Waals surface area contributed by atoms with E-state index in [0.29, 0.717) is 43.3 Å². The fourth-order valence-electron chi connectivity index (χ4n) is 4.69. The molecule has 1 fully saturated rings. The molecule has 9 nitrogen and oxygen atoms in total. The van der Waals surface area contributed by atoms with Crippen LogP contribution in [0.25, 0.3) is 16.8 Å². The van der Waals surface area contributed by atoms with Gasteiger partial charge in [0.05, 0.1) is 11.5 Å². The van der Waals surface area contributed by atoms with Crippen molar-refractivity contribution in [2.75, 3.05) is 29.9 Å². The molecule has 5 rings (SSSR count). The highest BCUT2D eigenvalue weighted by Crippen LogP contribution is 2.30. The van der Waals surface area contributed by atoms with Gasteiger partial charge in [-0.1, -0.05) is 30.3 Å². The Bertz CT molecular complexity index is 1460. The lowest BCUT2D eigenvalue weighted by Gasteiger charge is -2.29. The Morgan fingerprint density at radius 1 is 1.11 bits per heavy atom. The highest BCUT2D eigenvalue weighted by molar-refractivity contribution is 5.94. The summed E-state index contributed by atoms with van der Waals surface area (Å²) in [6.07, 6.45) is 1.15. The summed E-state index contributed by atoms with van der Waals surface area (Å²) >= 11 is 0. The fraction of sp³-hybridized carbons (Fsp3) is 0.286. The number of fused-ring (bicyclic) bond motifs is 1. The second-order valence-corrected chi connectivity index (χ2v) is 9.10. The van der Waals surface area contributed by atoms with Crippen LogP contribution in [0.1, 0.15) is 29.7 Å². The van der Waals surface area contributed by atoms with Crippen molar-refractivity contribution in [2.24, 2.45) is 5.92 Å². The SMILES string of the molecule is Cc1c(C#N)c(NC(=O)COC(=O)C2CCN(c3nc4ccccc4o3)CC2)n(-c2ccccc2)c1C. The van der Waals surface area contributed by atoms with E-state index in [4.69, 9.17) is 9.15 Å². The fourth-order valence-corrected chi connectivity index (χ4v) is 4.69. The number of aromatic nitrogens is 2. The summed E-state index contributed by atoms with van der Waals surface area (Å²) in [5.41, 5.74) is 4.36. The zero-order valence-corrected chi connectivity index (χ0v) is 20.7. The number of oxazole rings is 1. The number of esters is 1. The number of carbonyl (C=O) groups excluding carboxylic acids is 2. The zero-order chi connectivity index (χ0) is 25.9. The monoisotopic (exact) mass is 497 g/mol. The lowest BCUT2D eigenvalue weighted by atomic mass is 9.97. The summed E-state index contributed by atoms with van der Waals surface area (Å²) in [6, 6.07) is 19.8. The zero-order valence-electron chi connectivity index (χ0n) is 20.7. The van der Waals surface area contributed by atoms with Crippen molar-refractivity contribution >= 4 is 34.8 Å². The summed E-state index contributed by atoms with van der Waals surface area (Å²) in [7, 11) is 0. The van der Waals surface area contributed by atoms with Crippen LogP contribution in [0.3, 0.4) is 0 Å². The van der Waals surface area contributed by atoms with Crippen LogP contribution >= 0.6 is 0 Å². The summed E-state index contributed by atoms with van der Waals surface area (Å²) in [6.45, 7) is 4.52. The van der Waals surface area contributed by atoms with Crippen molar-refractivity contribution in [2.45, 2.75) is 26.7 Å². The van der Waals surface area contributed by atoms with Gasteiger partial charge in [0, 0.05) is 24.5 Å². The average Bonchev–Trinajstić information content (AvgIpc) is 3.46. The molecular formula is C28H27N5O4. The van der Waals surface area contributed by atoms with Crippen LogP contribution < -0.4 is 10.2 Å². The third kappa shape index (κ3) is 4.78. The number of nitriles is 1. The highest BCUT2D eigenvalue weighted by Gasteiger charge is 2.29. The molecule has 1 N–H and O–H groups in total. The number of hydrogen-bond acceptors (Lipinski definition) is 7. The van der Waals surface area contributed by atoms with Gasteiger partial charge in [-0.15, -0.1) is 0 Å². The third-order valence-corrected chi connectivity index (χ3v) is 6.82. The van der Waals surface area contributed by atoms with Crippen LogP contribution in [0.2, 0.25) is 0 Å². The molecule has 0 saturated carbocycles. The third-order valence-electron chi connectivity index (χ3n) is 6.82. The number of ether oxygens (including phenoxy) is 1. The number of rotatable bonds is 6. The van der Waals surface area contributed by atoms with Gasteiger partial charge in [0.2, 0.25) is 0 Å². The predicted molar refractivity (Wildman–Crippen MR) is 138 cm³/mol. The summed E-state index contributed by atoms with van der Waals surface area (Å²) < 4.78 is 13.0. The smallest absolute Gasteiger partial charge is 0.309 e. The molecule has 1 amide bonds. The van der Waals surface area contributed by atoms with E-state index in [1.165, 1.54) is 0 Å². The molecule has 37 heavy (non-hydrogen) atoms. The topological polar surface area (TPSA) is 113 Å². The Kier molecular flexibility index (Phi) is 6.64. The maximum Gasteiger partial charge on any atom is 0.309 e. The van der Waals surface area contributed by atoms with E-state index in [-0.39, 0.29) is 5.92 Å². The molecule has 0 aliphatic carbocycles. The minimum atomic E-state index is -0.497. The van der Waals surface area contributed by atoms with Gasteiger partial charge >= 0.3 is 5.97 Å². The van der Waals surface area contributed by atoms with Gasteiger partial charge in [-0.25, -0.2) is 0 Å². The van der Waals surface area contributed by atoms with Gasteiger partial charge in [0.15, 0.2) is 12.2 Å². The molecule has 2 aromatic heterocycles. The number of nitrogens with one attached hydrogen (secondary N) is 1. The van der Waals surface area contributed by atoms with E-state index in [1.54, 1.807) is 0 Å². The predicted octanol–water partition coefficient (Wildman–Crippen LogP) is 4.51. The Morgan fingerprint density at radius 3 is 2.51 bits per heavy atom. The highest BCUT2D eigenvalue weighted by atomic mass is 16.5. The number of para-hydroxylation sites is 3. The van der Waals surface area contributed by atoms with Gasteiger partial charge in [-0.2, -0.15) is 10.2 Å². The van der Waals surface area contributed by atoms with Crippen molar-refractivity contribution in [3.05, 3.63) is 71.4 Å². The standard InChI is InChI=1S/C28H27N5O4/c1-18-19(2)33(21-8-4-3-5-9-21)26(22(18)16-29)31-25(34)17-36-27(35)20-12-14-32(15-13-20)28-30-23-10-6-7-11-24(23)37-28/h3-11,20H,12-15,17H2,1-2H3,(H,31,34). The first-order chi connectivity index (χ1) is 18.0. The lowest BCUT2D eigenvalue weighted by Crippen LogP contribution is -2.37. The van der Waals surface area contributed by atoms with E-state index in [2.05, 4.69) is 16.4 Å². The number of amides is 1. The minimum Gasteiger partial charge on any atom is -0.455 e. The first-order valence-electron chi connectivity index (χ1n) is 12.2. The summed E-state index contributed by atoms with van der Waals surface area (Å²) in [5, 5.41) is 12.5. The van der Waals surface area contributed by atoms with E-state index < -0.39 is 18.5 Å². The molecule has 0 unspecified atom stereocenters. The summed E-state index contributed by atoms with van der Waals surface area (Å²) in [5.74, 6) is -0.834. The second-order valence-electron chi connectivity index (χ2n) is 9.10. The minimum absolute atomic E-state index is 0.305. The molecule has 0 bridgehead atoms. The van der Waals surface area contributed by atoms with Crippen molar-refractivity contribution in [3.8, 4) is 11.8 Å². The van der Waals surface area contributed by atoms with Crippen LogP contribution in [0, 0.1) is 31.1 Å². The van der Waals surface area contributed by atoms with Gasteiger partial charge < -0.3 is 19.4 Å². The van der Waals surface area contributed by atoms with E-state index in [1.807, 2.05) is 77.9 Å². The molecule has 1 aliphatic heterocycles. The van der Waals surface area contributed by atoms with Gasteiger partial charge in [0.1, 0.15) is 17.4 Å². The number of nitrogens with zero attached hydrogens (tertiary/aromatic N) is 4. The summed E-state index contributed by atoms with van der Waals surface area (Å²) in [4.78, 5) is 32.0. The van der Waals surface area contributed by atoms with Crippen molar-refractivity contribution in [3.63, 3.8) is 0 Å². The largest absolute Gasteiger partial charge is 0.455 e. The molecule has 2 aromatic carbocycles. The molecule has 0 radical (unpaired) electrons. The molecule has 1 saturated heterocycles. The van der Waals surface area contributed by atoms with Gasteiger partial charge in [-0.05, 0) is 56.5 Å². The molecule has 188 valence electrons. The average molecular weight is 498 g/mol. The number of carbonyl (C=O) groups is 2. The van der Waals surface area contributed by atoms with E-state index >= 15 is 0 Å². The Balaban J connectivity index is 1.19. The van der Waals surface area contributed by atoms with Gasteiger partial charge in [-0.3, -0.25) is 14.2 Å². The van der Waals surface area contributed by atoms with Crippen molar-refractivity contribution in [1.82, 2.24) is 9.55 Å². The van der Waals surface area contributed by atoms with Crippen LogP contribution in [0.15, 0.2) is 59.0 Å². The molecule has 3 heterocycles. The first-order valence-corrected chi connectivity index (χ1v) is 12.2. The van der Waals surface area contributed by atoms with E-state index in [9.17, 15) is 14.9 Å².